The summed E-state index contributed by atoms with van der Waals surface area (Å²) in [7, 11) is 0. The number of hydrogen-bond acceptors (Lipinski definition) is 1. The minimum Gasteiger partial charge on any atom is -1.00 e. The average Bonchev–Trinajstić information content (AvgIpc) is 2.89. The van der Waals surface area contributed by atoms with Crippen molar-refractivity contribution in [2.24, 2.45) is 0 Å². The zero-order valence-electron chi connectivity index (χ0n) is 9.90. The topological polar surface area (TPSA) is 42.8 Å². The molecular weight excluding hydrogens is 326 g/mol. The SMILES string of the molecule is Brc1c[nH+]cc(-c2cc(-c3ccccc3)[nH]n2)c1.[Cl-]. The molecule has 0 spiro atoms. The van der Waals surface area contributed by atoms with E-state index in [1.807, 2.05) is 42.7 Å². The van der Waals surface area contributed by atoms with Crippen LogP contribution in [-0.2, 0) is 0 Å². The molecule has 2 aromatic heterocycles. The zero-order valence-corrected chi connectivity index (χ0v) is 12.2. The highest BCUT2D eigenvalue weighted by atomic mass is 79.9. The van der Waals surface area contributed by atoms with Gasteiger partial charge in [0.15, 0.2) is 12.4 Å². The molecule has 0 atom stereocenters. The second-order valence-electron chi connectivity index (χ2n) is 3.97. The van der Waals surface area contributed by atoms with Crippen molar-refractivity contribution in [3.63, 3.8) is 0 Å². The summed E-state index contributed by atoms with van der Waals surface area (Å²) in [6.45, 7) is 0. The molecule has 1 aromatic carbocycles. The Kier molecular flexibility index (Phi) is 4.35. The van der Waals surface area contributed by atoms with E-state index in [9.17, 15) is 0 Å². The van der Waals surface area contributed by atoms with E-state index >= 15 is 0 Å². The van der Waals surface area contributed by atoms with E-state index in [1.54, 1.807) is 0 Å². The normalized spacial score (nSPS) is 9.95. The minimum absolute atomic E-state index is 0. The highest BCUT2D eigenvalue weighted by Gasteiger charge is 2.08. The fourth-order valence-corrected chi connectivity index (χ4v) is 2.20. The van der Waals surface area contributed by atoms with E-state index < -0.39 is 0 Å². The lowest BCUT2D eigenvalue weighted by atomic mass is 10.1. The number of nitrogens with one attached hydrogen (secondary N) is 2. The van der Waals surface area contributed by atoms with Crippen LogP contribution in [0.25, 0.3) is 22.5 Å². The summed E-state index contributed by atoms with van der Waals surface area (Å²) in [5.74, 6) is 0. The zero-order chi connectivity index (χ0) is 12.4. The van der Waals surface area contributed by atoms with Crippen LogP contribution in [0.15, 0.2) is 59.3 Å². The van der Waals surface area contributed by atoms with Crippen LogP contribution in [0.3, 0.4) is 0 Å². The van der Waals surface area contributed by atoms with Gasteiger partial charge in [0.25, 0.3) is 0 Å². The number of nitrogens with zero attached hydrogens (tertiary/aromatic N) is 1. The van der Waals surface area contributed by atoms with Crippen molar-refractivity contribution in [3.05, 3.63) is 59.3 Å². The lowest BCUT2D eigenvalue weighted by Gasteiger charge is -1.94. The Bertz CT molecular complexity index is 667. The van der Waals surface area contributed by atoms with Crippen LogP contribution in [0.5, 0.6) is 0 Å². The summed E-state index contributed by atoms with van der Waals surface area (Å²) in [4.78, 5) is 3.08. The smallest absolute Gasteiger partial charge is 0.181 e. The van der Waals surface area contributed by atoms with Crippen molar-refractivity contribution in [2.75, 3.05) is 0 Å². The molecule has 96 valence electrons. The van der Waals surface area contributed by atoms with Gasteiger partial charge in [-0.1, -0.05) is 30.3 Å². The summed E-state index contributed by atoms with van der Waals surface area (Å²) in [6, 6.07) is 14.2. The third-order valence-corrected chi connectivity index (χ3v) is 3.17. The molecule has 2 N–H and O–H groups in total. The van der Waals surface area contributed by atoms with Gasteiger partial charge in [-0.05, 0) is 33.6 Å². The standard InChI is InChI=1S/C14H10BrN3.ClH/c15-12-6-11(8-16-9-12)14-7-13(17-18-14)10-4-2-1-3-5-10;/h1-9H,(H,17,18);1H. The molecule has 0 aliphatic carbocycles. The van der Waals surface area contributed by atoms with Gasteiger partial charge < -0.3 is 12.4 Å². The Hall–Kier alpha value is -1.65. The first kappa shape index (κ1) is 13.8. The van der Waals surface area contributed by atoms with Crippen LogP contribution < -0.4 is 17.4 Å². The largest absolute Gasteiger partial charge is 1.00 e. The highest BCUT2D eigenvalue weighted by Crippen LogP contribution is 2.23. The van der Waals surface area contributed by atoms with Crippen molar-refractivity contribution in [1.29, 1.82) is 0 Å². The molecule has 0 saturated carbocycles. The molecule has 5 heteroatoms. The monoisotopic (exact) mass is 335 g/mol. The minimum atomic E-state index is 0. The van der Waals surface area contributed by atoms with Gasteiger partial charge in [-0.3, -0.25) is 5.10 Å². The van der Waals surface area contributed by atoms with Gasteiger partial charge in [0.1, 0.15) is 0 Å². The third kappa shape index (κ3) is 3.03. The molecule has 0 aliphatic rings. The molecule has 0 radical (unpaired) electrons. The van der Waals surface area contributed by atoms with E-state index in [0.29, 0.717) is 0 Å². The van der Waals surface area contributed by atoms with E-state index in [-0.39, 0.29) is 12.4 Å². The summed E-state index contributed by atoms with van der Waals surface area (Å²) >= 11 is 3.44. The first-order valence-corrected chi connectivity index (χ1v) is 6.40. The van der Waals surface area contributed by atoms with Gasteiger partial charge >= 0.3 is 0 Å². The number of pyridine rings is 1. The predicted octanol–water partition coefficient (Wildman–Crippen LogP) is 0.324. The third-order valence-electron chi connectivity index (χ3n) is 2.71. The van der Waals surface area contributed by atoms with Gasteiger partial charge in [-0.15, -0.1) is 0 Å². The highest BCUT2D eigenvalue weighted by molar-refractivity contribution is 9.10. The molecule has 3 rings (SSSR count). The Morgan fingerprint density at radius 3 is 2.53 bits per heavy atom. The van der Waals surface area contributed by atoms with Gasteiger partial charge in [-0.25, -0.2) is 4.98 Å². The lowest BCUT2D eigenvalue weighted by molar-refractivity contribution is -0.378. The van der Waals surface area contributed by atoms with Gasteiger partial charge in [0.05, 0.1) is 21.4 Å². The summed E-state index contributed by atoms with van der Waals surface area (Å²) in [5.41, 5.74) is 4.12. The molecule has 0 amide bonds. The first-order chi connectivity index (χ1) is 8.83. The molecular formula is C14H11BrClN3. The first-order valence-electron chi connectivity index (χ1n) is 5.61. The predicted molar refractivity (Wildman–Crippen MR) is 73.7 cm³/mol. The number of halogens is 2. The van der Waals surface area contributed by atoms with Crippen LogP contribution in [-0.4, -0.2) is 10.2 Å². The van der Waals surface area contributed by atoms with E-state index in [4.69, 9.17) is 0 Å². The molecule has 19 heavy (non-hydrogen) atoms. The number of hydrogen-bond donors (Lipinski definition) is 1. The van der Waals surface area contributed by atoms with Gasteiger partial charge in [-0.2, -0.15) is 5.10 Å². The van der Waals surface area contributed by atoms with Crippen molar-refractivity contribution in [1.82, 2.24) is 10.2 Å². The summed E-state index contributed by atoms with van der Waals surface area (Å²) in [6.07, 6.45) is 3.81. The molecule has 0 fully saturated rings. The second kappa shape index (κ2) is 5.99. The van der Waals surface area contributed by atoms with Crippen molar-refractivity contribution in [2.45, 2.75) is 0 Å². The lowest BCUT2D eigenvalue weighted by Crippen LogP contribution is -3.00. The number of benzene rings is 1. The van der Waals surface area contributed by atoms with Crippen molar-refractivity contribution >= 4 is 15.9 Å². The average molecular weight is 337 g/mol. The van der Waals surface area contributed by atoms with Crippen LogP contribution >= 0.6 is 15.9 Å². The number of aromatic amines is 2. The summed E-state index contributed by atoms with van der Waals surface area (Å²) < 4.78 is 1.00. The van der Waals surface area contributed by atoms with Crippen LogP contribution in [0.1, 0.15) is 0 Å². The van der Waals surface area contributed by atoms with Crippen LogP contribution in [0.4, 0.5) is 0 Å². The maximum Gasteiger partial charge on any atom is 0.181 e. The molecule has 0 aliphatic heterocycles. The maximum absolute atomic E-state index is 4.34. The number of aromatic nitrogens is 3. The van der Waals surface area contributed by atoms with E-state index in [0.717, 1.165) is 27.0 Å². The van der Waals surface area contributed by atoms with Crippen LogP contribution in [0.2, 0.25) is 0 Å². The molecule has 3 aromatic rings. The van der Waals surface area contributed by atoms with Crippen molar-refractivity contribution in [3.8, 4) is 22.5 Å². The molecule has 0 bridgehead atoms. The second-order valence-corrected chi connectivity index (χ2v) is 4.89. The Morgan fingerprint density at radius 2 is 1.79 bits per heavy atom. The fourth-order valence-electron chi connectivity index (χ4n) is 1.83. The maximum atomic E-state index is 4.34. The fraction of sp³-hybridized carbons (Fsp3) is 0. The Labute approximate surface area is 125 Å². The Balaban J connectivity index is 0.00000133. The van der Waals surface area contributed by atoms with Crippen LogP contribution in [0, 0.1) is 0 Å². The molecule has 3 nitrogen and oxygen atoms in total. The molecule has 0 saturated heterocycles. The Morgan fingerprint density at radius 1 is 1.00 bits per heavy atom. The number of rotatable bonds is 2. The quantitative estimate of drug-likeness (QED) is 0.720. The van der Waals surface area contributed by atoms with Gasteiger partial charge in [0, 0.05) is 0 Å². The van der Waals surface area contributed by atoms with Crippen molar-refractivity contribution < 1.29 is 17.4 Å². The summed E-state index contributed by atoms with van der Waals surface area (Å²) in [5, 5.41) is 7.40. The number of H-pyrrole nitrogens is 2. The van der Waals surface area contributed by atoms with Gasteiger partial charge in [0.2, 0.25) is 0 Å². The van der Waals surface area contributed by atoms with E-state index in [2.05, 4.69) is 43.2 Å². The van der Waals surface area contributed by atoms with E-state index in [1.165, 1.54) is 0 Å². The molecule has 2 heterocycles. The molecule has 0 unspecified atom stereocenters.